The normalized spacial score (nSPS) is 12.6. The lowest BCUT2D eigenvalue weighted by Gasteiger charge is -2.15. The molecule has 1 unspecified atom stereocenters. The van der Waals surface area contributed by atoms with Crippen LogP contribution in [-0.2, 0) is 0 Å². The Balaban J connectivity index is 3.09. The second-order valence-electron chi connectivity index (χ2n) is 3.42. The van der Waals surface area contributed by atoms with Gasteiger partial charge in [-0.3, -0.25) is 0 Å². The van der Waals surface area contributed by atoms with Gasteiger partial charge in [0, 0.05) is 18.2 Å². The van der Waals surface area contributed by atoms with Gasteiger partial charge in [-0.1, -0.05) is 0 Å². The summed E-state index contributed by atoms with van der Waals surface area (Å²) in [6.45, 7) is 2.06. The second-order valence-corrected chi connectivity index (χ2v) is 3.42. The molecule has 1 atom stereocenters. The second kappa shape index (κ2) is 5.09. The Morgan fingerprint density at radius 1 is 1.53 bits per heavy atom. The number of ether oxygens (including phenoxy) is 1. The molecular formula is C11H16FNO2. The van der Waals surface area contributed by atoms with E-state index in [2.05, 4.69) is 5.32 Å². The summed E-state index contributed by atoms with van der Waals surface area (Å²) in [5.41, 5.74) is 1.10. The van der Waals surface area contributed by atoms with Crippen molar-refractivity contribution in [3.8, 4) is 5.75 Å². The predicted molar refractivity (Wildman–Crippen MR) is 56.6 cm³/mol. The fourth-order valence-corrected chi connectivity index (χ4v) is 1.43. The number of methoxy groups -OCH3 is 1. The zero-order valence-corrected chi connectivity index (χ0v) is 9.17. The van der Waals surface area contributed by atoms with Crippen LogP contribution in [0.2, 0.25) is 0 Å². The van der Waals surface area contributed by atoms with E-state index in [1.54, 1.807) is 20.0 Å². The maximum absolute atomic E-state index is 13.2. The van der Waals surface area contributed by atoms with Crippen LogP contribution < -0.4 is 10.1 Å². The van der Waals surface area contributed by atoms with Crippen molar-refractivity contribution < 1.29 is 14.2 Å². The summed E-state index contributed by atoms with van der Waals surface area (Å²) >= 11 is 0. The summed E-state index contributed by atoms with van der Waals surface area (Å²) in [4.78, 5) is 0. The maximum atomic E-state index is 13.2. The summed E-state index contributed by atoms with van der Waals surface area (Å²) in [6.07, 6.45) is -0.691. The third-order valence-electron chi connectivity index (χ3n) is 2.27. The highest BCUT2D eigenvalue weighted by molar-refractivity contribution is 5.39. The fraction of sp³-hybridized carbons (Fsp3) is 0.455. The highest BCUT2D eigenvalue weighted by Crippen LogP contribution is 2.27. The molecule has 0 aromatic heterocycles. The van der Waals surface area contributed by atoms with Gasteiger partial charge in [0.25, 0.3) is 0 Å². The first-order valence-corrected chi connectivity index (χ1v) is 4.76. The van der Waals surface area contributed by atoms with Gasteiger partial charge < -0.3 is 15.2 Å². The summed E-state index contributed by atoms with van der Waals surface area (Å²) in [5.74, 6) is 0.0492. The molecule has 1 aromatic carbocycles. The molecule has 0 fully saturated rings. The van der Waals surface area contributed by atoms with E-state index < -0.39 is 6.10 Å². The average molecular weight is 213 g/mol. The monoisotopic (exact) mass is 213 g/mol. The van der Waals surface area contributed by atoms with Crippen molar-refractivity contribution in [2.75, 3.05) is 20.7 Å². The van der Waals surface area contributed by atoms with E-state index in [1.807, 2.05) is 0 Å². The van der Waals surface area contributed by atoms with E-state index in [4.69, 9.17) is 4.74 Å². The number of hydrogen-bond acceptors (Lipinski definition) is 3. The molecule has 0 radical (unpaired) electrons. The fourth-order valence-electron chi connectivity index (χ4n) is 1.43. The summed E-state index contributed by atoms with van der Waals surface area (Å²) in [7, 11) is 3.20. The highest BCUT2D eigenvalue weighted by Gasteiger charge is 2.14. The number of aliphatic hydroxyl groups excluding tert-OH is 1. The number of hydrogen-bond donors (Lipinski definition) is 2. The number of likely N-dealkylation sites (N-methyl/N-ethyl adjacent to an activating group) is 1. The summed E-state index contributed by atoms with van der Waals surface area (Å²) in [5, 5.41) is 12.6. The Hall–Kier alpha value is -1.13. The van der Waals surface area contributed by atoms with Crippen LogP contribution in [0.1, 0.15) is 17.2 Å². The number of nitrogens with one attached hydrogen (secondary N) is 1. The standard InChI is InChI=1S/C11H16FNO2/c1-7-4-8(10(14)6-13-2)11(15-3)5-9(7)12/h4-5,10,13-14H,6H2,1-3H3. The van der Waals surface area contributed by atoms with Crippen molar-refractivity contribution in [3.05, 3.63) is 29.1 Å². The van der Waals surface area contributed by atoms with Gasteiger partial charge in [0.2, 0.25) is 0 Å². The SMILES string of the molecule is CNCC(O)c1cc(C)c(F)cc1OC. The van der Waals surface area contributed by atoms with E-state index in [0.29, 0.717) is 23.4 Å². The van der Waals surface area contributed by atoms with Gasteiger partial charge in [0.1, 0.15) is 11.6 Å². The van der Waals surface area contributed by atoms with Crippen molar-refractivity contribution in [1.29, 1.82) is 0 Å². The predicted octanol–water partition coefficient (Wildman–Crippen LogP) is 1.40. The molecule has 1 rings (SSSR count). The first kappa shape index (κ1) is 11.9. The highest BCUT2D eigenvalue weighted by atomic mass is 19.1. The Kier molecular flexibility index (Phi) is 4.05. The molecule has 2 N–H and O–H groups in total. The minimum Gasteiger partial charge on any atom is -0.496 e. The zero-order chi connectivity index (χ0) is 11.4. The summed E-state index contributed by atoms with van der Waals surface area (Å²) in [6, 6.07) is 2.90. The molecular weight excluding hydrogens is 197 g/mol. The minimum atomic E-state index is -0.691. The van der Waals surface area contributed by atoms with Gasteiger partial charge in [-0.2, -0.15) is 0 Å². The first-order valence-electron chi connectivity index (χ1n) is 4.76. The lowest BCUT2D eigenvalue weighted by atomic mass is 10.0. The Labute approximate surface area is 88.9 Å². The van der Waals surface area contributed by atoms with Crippen molar-refractivity contribution >= 4 is 0 Å². The Morgan fingerprint density at radius 2 is 2.20 bits per heavy atom. The van der Waals surface area contributed by atoms with Crippen molar-refractivity contribution in [3.63, 3.8) is 0 Å². The van der Waals surface area contributed by atoms with Crippen LogP contribution in [0.4, 0.5) is 4.39 Å². The van der Waals surface area contributed by atoms with Crippen molar-refractivity contribution in [2.24, 2.45) is 0 Å². The first-order chi connectivity index (χ1) is 7.10. The van der Waals surface area contributed by atoms with Gasteiger partial charge in [-0.05, 0) is 25.6 Å². The molecule has 4 heteroatoms. The van der Waals surface area contributed by atoms with Crippen LogP contribution in [-0.4, -0.2) is 25.8 Å². The molecule has 1 aromatic rings. The zero-order valence-electron chi connectivity index (χ0n) is 9.17. The van der Waals surface area contributed by atoms with Gasteiger partial charge in [0.15, 0.2) is 0 Å². The lowest BCUT2D eigenvalue weighted by Crippen LogP contribution is -2.17. The number of aliphatic hydroxyl groups is 1. The van der Waals surface area contributed by atoms with E-state index in [-0.39, 0.29) is 5.82 Å². The molecule has 0 amide bonds. The summed E-state index contributed by atoms with van der Waals surface area (Å²) < 4.78 is 18.2. The Bertz CT molecular complexity index is 342. The molecule has 0 aliphatic heterocycles. The van der Waals surface area contributed by atoms with E-state index in [0.717, 1.165) is 0 Å². The van der Waals surface area contributed by atoms with Gasteiger partial charge in [-0.15, -0.1) is 0 Å². The molecule has 0 bridgehead atoms. The largest absolute Gasteiger partial charge is 0.496 e. The maximum Gasteiger partial charge on any atom is 0.129 e. The molecule has 0 heterocycles. The van der Waals surface area contributed by atoms with Crippen LogP contribution in [0.15, 0.2) is 12.1 Å². The van der Waals surface area contributed by atoms with Crippen LogP contribution in [0.3, 0.4) is 0 Å². The number of halogens is 1. The molecule has 84 valence electrons. The van der Waals surface area contributed by atoms with E-state index in [1.165, 1.54) is 13.2 Å². The Morgan fingerprint density at radius 3 is 2.73 bits per heavy atom. The molecule has 0 saturated carbocycles. The van der Waals surface area contributed by atoms with Crippen LogP contribution in [0, 0.1) is 12.7 Å². The molecule has 15 heavy (non-hydrogen) atoms. The van der Waals surface area contributed by atoms with Crippen LogP contribution >= 0.6 is 0 Å². The average Bonchev–Trinajstić information content (AvgIpc) is 2.21. The molecule has 0 aliphatic carbocycles. The third-order valence-corrected chi connectivity index (χ3v) is 2.27. The lowest BCUT2D eigenvalue weighted by molar-refractivity contribution is 0.173. The van der Waals surface area contributed by atoms with E-state index >= 15 is 0 Å². The number of aryl methyl sites for hydroxylation is 1. The molecule has 3 nitrogen and oxygen atoms in total. The van der Waals surface area contributed by atoms with Crippen molar-refractivity contribution in [1.82, 2.24) is 5.32 Å². The quantitative estimate of drug-likeness (QED) is 0.794. The van der Waals surface area contributed by atoms with Gasteiger partial charge >= 0.3 is 0 Å². The van der Waals surface area contributed by atoms with E-state index in [9.17, 15) is 9.50 Å². The minimum absolute atomic E-state index is 0.327. The van der Waals surface area contributed by atoms with Crippen LogP contribution in [0.25, 0.3) is 0 Å². The van der Waals surface area contributed by atoms with Crippen LogP contribution in [0.5, 0.6) is 5.75 Å². The van der Waals surface area contributed by atoms with Gasteiger partial charge in [-0.25, -0.2) is 4.39 Å². The smallest absolute Gasteiger partial charge is 0.129 e. The van der Waals surface area contributed by atoms with Crippen molar-refractivity contribution in [2.45, 2.75) is 13.0 Å². The van der Waals surface area contributed by atoms with Gasteiger partial charge in [0.05, 0.1) is 13.2 Å². The topological polar surface area (TPSA) is 41.5 Å². The number of benzene rings is 1. The third kappa shape index (κ3) is 2.67. The molecule has 0 saturated heterocycles. The molecule has 0 aliphatic rings. The number of rotatable bonds is 4. The molecule has 0 spiro atoms.